The lowest BCUT2D eigenvalue weighted by Crippen LogP contribution is -2.36. The summed E-state index contributed by atoms with van der Waals surface area (Å²) in [6.45, 7) is 9.47. The Bertz CT molecular complexity index is 685. The minimum atomic E-state index is 0.542. The number of thiazole rings is 1. The molecular weight excluding hydrogens is 318 g/mol. The number of aryl methyl sites for hydroxylation is 2. The highest BCUT2D eigenvalue weighted by Crippen LogP contribution is 2.56. The monoisotopic (exact) mass is 345 g/mol. The smallest absolute Gasteiger partial charge is 0.122 e. The van der Waals surface area contributed by atoms with Crippen LogP contribution in [0.25, 0.3) is 0 Å². The number of rotatable bonds is 6. The topological polar surface area (TPSA) is 46.0 Å². The van der Waals surface area contributed by atoms with Gasteiger partial charge in [-0.3, -0.25) is 4.90 Å². The Morgan fingerprint density at radius 2 is 2.21 bits per heavy atom. The third-order valence-electron chi connectivity index (χ3n) is 5.71. The minimum Gasteiger partial charge on any atom is -0.334 e. The molecule has 3 heterocycles. The van der Waals surface area contributed by atoms with Crippen molar-refractivity contribution in [3.8, 4) is 0 Å². The van der Waals surface area contributed by atoms with Gasteiger partial charge in [-0.05, 0) is 51.6 Å². The van der Waals surface area contributed by atoms with Crippen molar-refractivity contribution < 1.29 is 0 Å². The van der Waals surface area contributed by atoms with E-state index in [2.05, 4.69) is 45.2 Å². The first-order chi connectivity index (χ1) is 11.7. The first kappa shape index (κ1) is 16.2. The van der Waals surface area contributed by atoms with Gasteiger partial charge in [-0.15, -0.1) is 11.3 Å². The molecule has 4 rings (SSSR count). The van der Waals surface area contributed by atoms with Gasteiger partial charge in [0.15, 0.2) is 0 Å². The molecule has 1 N–H and O–H groups in total. The predicted octanol–water partition coefficient (Wildman–Crippen LogP) is 2.81. The molecule has 2 aromatic heterocycles. The number of nitrogens with one attached hydrogen (secondary N) is 1. The molecule has 2 aromatic rings. The summed E-state index contributed by atoms with van der Waals surface area (Å²) in [5.41, 5.74) is 1.75. The average Bonchev–Trinajstić information content (AvgIpc) is 2.93. The van der Waals surface area contributed by atoms with Crippen LogP contribution in [0.1, 0.15) is 42.7 Å². The van der Waals surface area contributed by atoms with Crippen LogP contribution in [-0.4, -0.2) is 38.6 Å². The van der Waals surface area contributed by atoms with Crippen LogP contribution < -0.4 is 5.32 Å². The molecule has 24 heavy (non-hydrogen) atoms. The lowest BCUT2D eigenvalue weighted by molar-refractivity contribution is 0.180. The molecule has 130 valence electrons. The molecular formula is C18H27N5S. The maximum Gasteiger partial charge on any atom is 0.122 e. The van der Waals surface area contributed by atoms with E-state index in [1.165, 1.54) is 43.9 Å². The van der Waals surface area contributed by atoms with Crippen LogP contribution in [0.3, 0.4) is 0 Å². The van der Waals surface area contributed by atoms with Crippen LogP contribution in [0.15, 0.2) is 17.8 Å². The number of hydrogen-bond donors (Lipinski definition) is 1. The zero-order chi connectivity index (χ0) is 16.6. The van der Waals surface area contributed by atoms with Gasteiger partial charge in [-0.1, -0.05) is 0 Å². The molecule has 1 atom stereocenters. The standard InChI is InChI=1S/C18H27N5S/c1-3-22-9-8-20-17(22)12-23(11-15-13-24-14(2)21-15)16-10-18(16)4-6-19-7-5-18/h8-9,13,16,19H,3-7,10-12H2,1-2H3/t16-/m1/s1. The van der Waals surface area contributed by atoms with Crippen molar-refractivity contribution >= 4 is 11.3 Å². The Morgan fingerprint density at radius 3 is 2.92 bits per heavy atom. The van der Waals surface area contributed by atoms with Crippen LogP contribution in [0, 0.1) is 12.3 Å². The largest absolute Gasteiger partial charge is 0.334 e. The summed E-state index contributed by atoms with van der Waals surface area (Å²) < 4.78 is 2.26. The van der Waals surface area contributed by atoms with Gasteiger partial charge < -0.3 is 9.88 Å². The van der Waals surface area contributed by atoms with Crippen LogP contribution in [0.5, 0.6) is 0 Å². The van der Waals surface area contributed by atoms with E-state index in [1.807, 2.05) is 6.20 Å². The second-order valence-corrected chi connectivity index (χ2v) is 8.29. The summed E-state index contributed by atoms with van der Waals surface area (Å²) in [7, 11) is 0. The SMILES string of the molecule is CCn1ccnc1CN(Cc1csc(C)n1)[C@@H]1CC12CCNCC2. The van der Waals surface area contributed by atoms with E-state index in [-0.39, 0.29) is 0 Å². The molecule has 2 aliphatic rings. The number of aromatic nitrogens is 3. The fourth-order valence-electron chi connectivity index (χ4n) is 4.23. The molecule has 5 nitrogen and oxygen atoms in total. The predicted molar refractivity (Wildman–Crippen MR) is 96.9 cm³/mol. The van der Waals surface area contributed by atoms with Gasteiger partial charge in [0, 0.05) is 36.9 Å². The molecule has 1 saturated heterocycles. The molecule has 0 bridgehead atoms. The molecule has 0 radical (unpaired) electrons. The zero-order valence-corrected chi connectivity index (χ0v) is 15.5. The highest BCUT2D eigenvalue weighted by Gasteiger charge is 2.56. The van der Waals surface area contributed by atoms with E-state index >= 15 is 0 Å². The molecule has 0 aromatic carbocycles. The fraction of sp³-hybridized carbons (Fsp3) is 0.667. The number of imidazole rings is 1. The zero-order valence-electron chi connectivity index (χ0n) is 14.7. The third kappa shape index (κ3) is 3.15. The molecule has 0 amide bonds. The highest BCUT2D eigenvalue weighted by atomic mass is 32.1. The molecule has 1 saturated carbocycles. The maximum atomic E-state index is 4.70. The van der Waals surface area contributed by atoms with Crippen molar-refractivity contribution in [1.82, 2.24) is 24.8 Å². The summed E-state index contributed by atoms with van der Waals surface area (Å²) in [5.74, 6) is 1.18. The Balaban J connectivity index is 1.53. The van der Waals surface area contributed by atoms with Gasteiger partial charge >= 0.3 is 0 Å². The van der Waals surface area contributed by atoms with Gasteiger partial charge in [-0.2, -0.15) is 0 Å². The van der Waals surface area contributed by atoms with Gasteiger partial charge in [0.05, 0.1) is 17.2 Å². The summed E-state index contributed by atoms with van der Waals surface area (Å²) in [6.07, 6.45) is 7.98. The van der Waals surface area contributed by atoms with E-state index in [0.717, 1.165) is 24.6 Å². The molecule has 1 aliphatic carbocycles. The van der Waals surface area contributed by atoms with E-state index in [1.54, 1.807) is 11.3 Å². The summed E-state index contributed by atoms with van der Waals surface area (Å²) >= 11 is 1.75. The Kier molecular flexibility index (Phi) is 4.45. The van der Waals surface area contributed by atoms with Crippen LogP contribution in [0.2, 0.25) is 0 Å². The van der Waals surface area contributed by atoms with Gasteiger partial charge in [0.25, 0.3) is 0 Å². The van der Waals surface area contributed by atoms with Gasteiger partial charge in [-0.25, -0.2) is 9.97 Å². The number of nitrogens with zero attached hydrogens (tertiary/aromatic N) is 4. The normalized spacial score (nSPS) is 22.4. The van der Waals surface area contributed by atoms with Crippen LogP contribution >= 0.6 is 11.3 Å². The second kappa shape index (κ2) is 6.58. The number of piperidine rings is 1. The molecule has 0 unspecified atom stereocenters. The van der Waals surface area contributed by atoms with Crippen molar-refractivity contribution in [2.45, 2.75) is 58.8 Å². The highest BCUT2D eigenvalue weighted by molar-refractivity contribution is 7.09. The lowest BCUT2D eigenvalue weighted by Gasteiger charge is -2.29. The van der Waals surface area contributed by atoms with Crippen LogP contribution in [-0.2, 0) is 19.6 Å². The summed E-state index contributed by atoms with van der Waals surface area (Å²) in [6, 6.07) is 0.684. The van der Waals surface area contributed by atoms with Crippen molar-refractivity contribution in [3.05, 3.63) is 34.3 Å². The van der Waals surface area contributed by atoms with Crippen molar-refractivity contribution in [1.29, 1.82) is 0 Å². The molecule has 2 fully saturated rings. The van der Waals surface area contributed by atoms with E-state index in [0.29, 0.717) is 11.5 Å². The van der Waals surface area contributed by atoms with E-state index in [4.69, 9.17) is 4.98 Å². The summed E-state index contributed by atoms with van der Waals surface area (Å²) in [4.78, 5) is 11.9. The molecule has 1 aliphatic heterocycles. The third-order valence-corrected chi connectivity index (χ3v) is 6.53. The average molecular weight is 346 g/mol. The number of hydrogen-bond acceptors (Lipinski definition) is 5. The van der Waals surface area contributed by atoms with Crippen molar-refractivity contribution in [2.24, 2.45) is 5.41 Å². The first-order valence-electron chi connectivity index (χ1n) is 9.06. The first-order valence-corrected chi connectivity index (χ1v) is 9.94. The summed E-state index contributed by atoms with van der Waals surface area (Å²) in [5, 5.41) is 6.89. The minimum absolute atomic E-state index is 0.542. The quantitative estimate of drug-likeness (QED) is 0.874. The molecule has 1 spiro atoms. The Hall–Kier alpha value is -1.24. The van der Waals surface area contributed by atoms with E-state index < -0.39 is 0 Å². The Morgan fingerprint density at radius 1 is 1.38 bits per heavy atom. The lowest BCUT2D eigenvalue weighted by atomic mass is 9.93. The Labute approximate surface area is 148 Å². The van der Waals surface area contributed by atoms with Crippen molar-refractivity contribution in [3.63, 3.8) is 0 Å². The van der Waals surface area contributed by atoms with Crippen molar-refractivity contribution in [2.75, 3.05) is 13.1 Å². The van der Waals surface area contributed by atoms with E-state index in [9.17, 15) is 0 Å². The maximum absolute atomic E-state index is 4.70. The second-order valence-electron chi connectivity index (χ2n) is 7.22. The fourth-order valence-corrected chi connectivity index (χ4v) is 4.83. The van der Waals surface area contributed by atoms with Gasteiger partial charge in [0.2, 0.25) is 0 Å². The van der Waals surface area contributed by atoms with Crippen LogP contribution in [0.4, 0.5) is 0 Å². The van der Waals surface area contributed by atoms with Gasteiger partial charge in [0.1, 0.15) is 5.82 Å². The molecule has 6 heteroatoms.